The van der Waals surface area contributed by atoms with E-state index < -0.39 is 23.4 Å². The molecule has 0 bridgehead atoms. The summed E-state index contributed by atoms with van der Waals surface area (Å²) in [7, 11) is 0. The Labute approximate surface area is 127 Å². The summed E-state index contributed by atoms with van der Waals surface area (Å²) in [6.45, 7) is 2.08. The van der Waals surface area contributed by atoms with Gasteiger partial charge in [-0.25, -0.2) is 0 Å². The monoisotopic (exact) mass is 315 g/mol. The van der Waals surface area contributed by atoms with Crippen LogP contribution in [-0.4, -0.2) is 11.7 Å². The predicted octanol–water partition coefficient (Wildman–Crippen LogP) is 4.57. The molecule has 6 heteroatoms. The molecule has 1 aromatic rings. The van der Waals surface area contributed by atoms with Crippen LogP contribution in [0.4, 0.5) is 18.9 Å². The first-order valence-electron chi connectivity index (χ1n) is 7.36. The van der Waals surface area contributed by atoms with E-state index in [-0.39, 0.29) is 12.1 Å². The van der Waals surface area contributed by atoms with Crippen molar-refractivity contribution >= 4 is 17.4 Å². The molecule has 0 fully saturated rings. The molecule has 1 rings (SSSR count). The number of benzene rings is 1. The molecule has 22 heavy (non-hydrogen) atoms. The number of hydrogen-bond donors (Lipinski definition) is 1. The van der Waals surface area contributed by atoms with Gasteiger partial charge in [0.05, 0.1) is 5.56 Å². The number of carbonyl (C=O) groups is 2. The zero-order chi connectivity index (χ0) is 16.6. The lowest BCUT2D eigenvalue weighted by molar-refractivity contribution is -0.137. The molecule has 122 valence electrons. The second kappa shape index (κ2) is 8.56. The Morgan fingerprint density at radius 2 is 1.77 bits per heavy atom. The molecule has 0 aliphatic heterocycles. The average Bonchev–Trinajstić information content (AvgIpc) is 2.46. The normalized spacial score (nSPS) is 11.3. The first-order chi connectivity index (χ1) is 10.3. The standard InChI is InChI=1S/C16H20F3NO2/c1-2-3-4-5-6-10-14(21)15(22)20-13-9-7-8-12(11-13)16(17,18)19/h7-9,11H,2-6,10H2,1H3,(H,20,22). The number of ketones is 1. The van der Waals surface area contributed by atoms with Gasteiger partial charge in [-0.05, 0) is 24.6 Å². The minimum absolute atomic E-state index is 0.0286. The fourth-order valence-corrected chi connectivity index (χ4v) is 1.98. The number of alkyl halides is 3. The van der Waals surface area contributed by atoms with E-state index in [0.29, 0.717) is 6.42 Å². The summed E-state index contributed by atoms with van der Waals surface area (Å²) in [6.07, 6.45) is 0.317. The highest BCUT2D eigenvalue weighted by molar-refractivity contribution is 6.40. The highest BCUT2D eigenvalue weighted by Gasteiger charge is 2.30. The third kappa shape index (κ3) is 6.28. The van der Waals surface area contributed by atoms with Gasteiger partial charge in [0, 0.05) is 12.1 Å². The van der Waals surface area contributed by atoms with E-state index >= 15 is 0 Å². The summed E-state index contributed by atoms with van der Waals surface area (Å²) < 4.78 is 37.7. The third-order valence-electron chi connectivity index (χ3n) is 3.21. The van der Waals surface area contributed by atoms with Crippen LogP contribution in [-0.2, 0) is 15.8 Å². The minimum Gasteiger partial charge on any atom is -0.319 e. The molecule has 0 aliphatic rings. The van der Waals surface area contributed by atoms with Crippen molar-refractivity contribution in [2.24, 2.45) is 0 Å². The van der Waals surface area contributed by atoms with E-state index in [4.69, 9.17) is 0 Å². The molecule has 1 N–H and O–H groups in total. The lowest BCUT2D eigenvalue weighted by Crippen LogP contribution is -2.22. The lowest BCUT2D eigenvalue weighted by atomic mass is 10.1. The fraction of sp³-hybridized carbons (Fsp3) is 0.500. The van der Waals surface area contributed by atoms with Crippen molar-refractivity contribution in [2.75, 3.05) is 5.32 Å². The topological polar surface area (TPSA) is 46.2 Å². The van der Waals surface area contributed by atoms with Crippen molar-refractivity contribution in [1.82, 2.24) is 0 Å². The van der Waals surface area contributed by atoms with Gasteiger partial charge in [0.15, 0.2) is 0 Å². The summed E-state index contributed by atoms with van der Waals surface area (Å²) in [5.74, 6) is -1.47. The van der Waals surface area contributed by atoms with Crippen molar-refractivity contribution in [3.05, 3.63) is 29.8 Å². The number of halogens is 3. The maximum atomic E-state index is 12.6. The van der Waals surface area contributed by atoms with Crippen LogP contribution in [0.5, 0.6) is 0 Å². The average molecular weight is 315 g/mol. The molecule has 0 saturated carbocycles. The Hall–Kier alpha value is -1.85. The van der Waals surface area contributed by atoms with Crippen LogP contribution in [0.3, 0.4) is 0 Å². The van der Waals surface area contributed by atoms with E-state index in [1.54, 1.807) is 0 Å². The summed E-state index contributed by atoms with van der Waals surface area (Å²) in [6, 6.07) is 4.23. The van der Waals surface area contributed by atoms with E-state index in [2.05, 4.69) is 12.2 Å². The molecule has 1 aromatic carbocycles. The van der Waals surface area contributed by atoms with E-state index in [1.807, 2.05) is 0 Å². The van der Waals surface area contributed by atoms with Crippen molar-refractivity contribution in [3.63, 3.8) is 0 Å². The number of unbranched alkanes of at least 4 members (excludes halogenated alkanes) is 4. The van der Waals surface area contributed by atoms with Gasteiger partial charge in [0.1, 0.15) is 0 Å². The van der Waals surface area contributed by atoms with Gasteiger partial charge in [0.2, 0.25) is 5.78 Å². The number of carbonyl (C=O) groups excluding carboxylic acids is 2. The fourth-order valence-electron chi connectivity index (χ4n) is 1.98. The number of nitrogens with one attached hydrogen (secondary N) is 1. The summed E-state index contributed by atoms with van der Waals surface area (Å²) in [4.78, 5) is 23.3. The van der Waals surface area contributed by atoms with Crippen LogP contribution in [0.2, 0.25) is 0 Å². The molecule has 0 heterocycles. The zero-order valence-electron chi connectivity index (χ0n) is 12.5. The Morgan fingerprint density at radius 3 is 2.41 bits per heavy atom. The Morgan fingerprint density at radius 1 is 1.09 bits per heavy atom. The molecule has 0 unspecified atom stereocenters. The Balaban J connectivity index is 2.49. The van der Waals surface area contributed by atoms with Gasteiger partial charge >= 0.3 is 6.18 Å². The second-order valence-electron chi connectivity index (χ2n) is 5.12. The predicted molar refractivity (Wildman–Crippen MR) is 78.5 cm³/mol. The van der Waals surface area contributed by atoms with Gasteiger partial charge in [-0.15, -0.1) is 0 Å². The zero-order valence-corrected chi connectivity index (χ0v) is 12.5. The van der Waals surface area contributed by atoms with Crippen LogP contribution in [0.15, 0.2) is 24.3 Å². The van der Waals surface area contributed by atoms with Crippen LogP contribution in [0.25, 0.3) is 0 Å². The van der Waals surface area contributed by atoms with Crippen molar-refractivity contribution < 1.29 is 22.8 Å². The smallest absolute Gasteiger partial charge is 0.319 e. The largest absolute Gasteiger partial charge is 0.416 e. The molecule has 0 saturated heterocycles. The second-order valence-corrected chi connectivity index (χ2v) is 5.12. The first kappa shape index (κ1) is 18.2. The van der Waals surface area contributed by atoms with Crippen molar-refractivity contribution in [1.29, 1.82) is 0 Å². The minimum atomic E-state index is -4.48. The Bertz CT molecular complexity index is 512. The Kier molecular flexibility index (Phi) is 7.08. The van der Waals surface area contributed by atoms with Gasteiger partial charge in [-0.2, -0.15) is 13.2 Å². The van der Waals surface area contributed by atoms with E-state index in [0.717, 1.165) is 37.8 Å². The lowest BCUT2D eigenvalue weighted by Gasteiger charge is -2.09. The molecule has 0 atom stereocenters. The van der Waals surface area contributed by atoms with Crippen molar-refractivity contribution in [2.45, 2.75) is 51.6 Å². The molecule has 1 amide bonds. The molecule has 0 radical (unpaired) electrons. The molecule has 0 spiro atoms. The van der Waals surface area contributed by atoms with Gasteiger partial charge < -0.3 is 5.32 Å². The third-order valence-corrected chi connectivity index (χ3v) is 3.21. The quantitative estimate of drug-likeness (QED) is 0.564. The number of anilines is 1. The highest BCUT2D eigenvalue weighted by atomic mass is 19.4. The molecule has 0 aliphatic carbocycles. The van der Waals surface area contributed by atoms with Crippen molar-refractivity contribution in [3.8, 4) is 0 Å². The SMILES string of the molecule is CCCCCCCC(=O)C(=O)Nc1cccc(C(F)(F)F)c1. The molecule has 0 aromatic heterocycles. The number of hydrogen-bond acceptors (Lipinski definition) is 2. The van der Waals surface area contributed by atoms with Gasteiger partial charge in [-0.3, -0.25) is 9.59 Å². The van der Waals surface area contributed by atoms with Gasteiger partial charge in [-0.1, -0.05) is 38.7 Å². The van der Waals surface area contributed by atoms with Crippen LogP contribution >= 0.6 is 0 Å². The summed E-state index contributed by atoms with van der Waals surface area (Å²) in [5, 5.41) is 2.22. The van der Waals surface area contributed by atoms with Gasteiger partial charge in [0.25, 0.3) is 5.91 Å². The number of Topliss-reactive ketones (excluding diaryl/α,β-unsaturated/α-hetero) is 1. The van der Waals surface area contributed by atoms with Crippen LogP contribution in [0.1, 0.15) is 51.0 Å². The molecule has 3 nitrogen and oxygen atoms in total. The summed E-state index contributed by atoms with van der Waals surface area (Å²) >= 11 is 0. The van der Waals surface area contributed by atoms with E-state index in [1.165, 1.54) is 12.1 Å². The maximum Gasteiger partial charge on any atom is 0.416 e. The highest BCUT2D eigenvalue weighted by Crippen LogP contribution is 2.30. The number of amides is 1. The van der Waals surface area contributed by atoms with Crippen LogP contribution in [0, 0.1) is 0 Å². The van der Waals surface area contributed by atoms with E-state index in [9.17, 15) is 22.8 Å². The summed E-state index contributed by atoms with van der Waals surface area (Å²) in [5.41, 5.74) is -0.892. The molecular formula is C16H20F3NO2. The first-order valence-corrected chi connectivity index (χ1v) is 7.36. The van der Waals surface area contributed by atoms with Crippen LogP contribution < -0.4 is 5.32 Å². The number of rotatable bonds is 8. The maximum absolute atomic E-state index is 12.6. The molecular weight excluding hydrogens is 295 g/mol.